The molecule has 0 N–H and O–H groups in total. The van der Waals surface area contributed by atoms with Crippen molar-refractivity contribution in [2.45, 2.75) is 0 Å². The molecule has 9 aromatic carbocycles. The summed E-state index contributed by atoms with van der Waals surface area (Å²) in [5.74, 6) is 0. The molecule has 10 rings (SSSR count). The zero-order valence-corrected chi connectivity index (χ0v) is 29.2. The van der Waals surface area contributed by atoms with Crippen molar-refractivity contribution in [3.05, 3.63) is 200 Å². The molecule has 0 radical (unpaired) electrons. The van der Waals surface area contributed by atoms with Crippen molar-refractivity contribution in [2.24, 2.45) is 0 Å². The smallest absolute Gasteiger partial charge is 0.0540 e. The van der Waals surface area contributed by atoms with Crippen LogP contribution in [0.2, 0.25) is 0 Å². The first-order valence-corrected chi connectivity index (χ1v) is 18.6. The van der Waals surface area contributed by atoms with E-state index in [0.717, 1.165) is 11.4 Å². The molecule has 0 atom stereocenters. The summed E-state index contributed by atoms with van der Waals surface area (Å²) in [5, 5.41) is 7.64. The predicted octanol–water partition coefficient (Wildman–Crippen LogP) is 14.8. The van der Waals surface area contributed by atoms with Gasteiger partial charge in [0.15, 0.2) is 0 Å². The summed E-state index contributed by atoms with van der Waals surface area (Å²) in [4.78, 5) is 2.36. The molecular formula is C50H33NS. The lowest BCUT2D eigenvalue weighted by molar-refractivity contribution is 1.30. The Morgan fingerprint density at radius 2 is 0.827 bits per heavy atom. The van der Waals surface area contributed by atoms with Gasteiger partial charge in [0.05, 0.1) is 5.69 Å². The molecule has 1 nitrogen and oxygen atoms in total. The van der Waals surface area contributed by atoms with Crippen LogP contribution in [0.4, 0.5) is 17.1 Å². The third-order valence-corrected chi connectivity index (χ3v) is 11.4. The second-order valence-corrected chi connectivity index (χ2v) is 14.4. The van der Waals surface area contributed by atoms with Gasteiger partial charge in [-0.3, -0.25) is 0 Å². The van der Waals surface area contributed by atoms with Gasteiger partial charge in [-0.1, -0.05) is 140 Å². The zero-order valence-electron chi connectivity index (χ0n) is 28.4. The largest absolute Gasteiger partial charge is 0.310 e. The van der Waals surface area contributed by atoms with E-state index < -0.39 is 0 Å². The van der Waals surface area contributed by atoms with E-state index in [9.17, 15) is 0 Å². The van der Waals surface area contributed by atoms with Crippen molar-refractivity contribution >= 4 is 70.1 Å². The van der Waals surface area contributed by atoms with Crippen LogP contribution in [0.25, 0.3) is 75.1 Å². The number of hydrogen-bond donors (Lipinski definition) is 0. The normalized spacial score (nSPS) is 11.5. The summed E-state index contributed by atoms with van der Waals surface area (Å²) in [6.07, 6.45) is 0. The maximum Gasteiger partial charge on any atom is 0.0540 e. The van der Waals surface area contributed by atoms with Gasteiger partial charge in [0.25, 0.3) is 0 Å². The van der Waals surface area contributed by atoms with Crippen molar-refractivity contribution in [3.63, 3.8) is 0 Å². The Balaban J connectivity index is 1.01. The molecule has 0 fully saturated rings. The lowest BCUT2D eigenvalue weighted by Gasteiger charge is -2.27. The molecule has 244 valence electrons. The van der Waals surface area contributed by atoms with Gasteiger partial charge in [-0.2, -0.15) is 0 Å². The summed E-state index contributed by atoms with van der Waals surface area (Å²) in [6, 6.07) is 72.9. The Hall–Kier alpha value is -6.48. The standard InChI is InChI=1S/C50H33NS/c1-2-17-41(18-3-1)51(48-22-10-14-36-12-5-7-20-45(36)48)42-27-23-34(24-28-42)37-15-8-16-38(31-37)39-25-29-49-46(32-39)47-33-40(26-30-50(47)52-49)44-21-9-13-35-11-4-6-19-43(35)44/h1-33H. The van der Waals surface area contributed by atoms with Crippen LogP contribution in [-0.2, 0) is 0 Å². The van der Waals surface area contributed by atoms with Gasteiger partial charge in [-0.25, -0.2) is 0 Å². The molecule has 0 aliphatic rings. The Kier molecular flexibility index (Phi) is 7.41. The summed E-state index contributed by atoms with van der Waals surface area (Å²) in [5.41, 5.74) is 10.8. The minimum Gasteiger partial charge on any atom is -0.310 e. The number of rotatable bonds is 6. The van der Waals surface area contributed by atoms with Crippen molar-refractivity contribution in [3.8, 4) is 33.4 Å². The number of anilines is 3. The first kappa shape index (κ1) is 30.4. The average Bonchev–Trinajstić information content (AvgIpc) is 3.59. The van der Waals surface area contributed by atoms with Crippen molar-refractivity contribution in [1.82, 2.24) is 0 Å². The van der Waals surface area contributed by atoms with Gasteiger partial charge in [-0.05, 0) is 110 Å². The quantitative estimate of drug-likeness (QED) is 0.169. The van der Waals surface area contributed by atoms with E-state index in [1.807, 2.05) is 11.3 Å². The molecule has 0 bridgehead atoms. The number of thiophene rings is 1. The Morgan fingerprint density at radius 3 is 1.60 bits per heavy atom. The SMILES string of the molecule is c1ccc(N(c2ccc(-c3cccc(-c4ccc5sc6ccc(-c7cccc8ccccc78)cc6c5c4)c3)cc2)c2cccc3ccccc23)cc1. The van der Waals surface area contributed by atoms with Crippen LogP contribution < -0.4 is 4.90 Å². The van der Waals surface area contributed by atoms with E-state index >= 15 is 0 Å². The number of nitrogens with zero attached hydrogens (tertiary/aromatic N) is 1. The maximum atomic E-state index is 2.38. The van der Waals surface area contributed by atoms with Crippen molar-refractivity contribution in [2.75, 3.05) is 4.90 Å². The second-order valence-electron chi connectivity index (χ2n) is 13.3. The topological polar surface area (TPSA) is 3.24 Å². The third-order valence-electron chi connectivity index (χ3n) is 10.2. The molecule has 0 aliphatic carbocycles. The number of para-hydroxylation sites is 1. The minimum absolute atomic E-state index is 1.13. The Morgan fingerprint density at radius 1 is 0.308 bits per heavy atom. The first-order chi connectivity index (χ1) is 25.8. The van der Waals surface area contributed by atoms with Gasteiger partial charge < -0.3 is 4.90 Å². The minimum atomic E-state index is 1.13. The van der Waals surface area contributed by atoms with Crippen LogP contribution in [-0.4, -0.2) is 0 Å². The van der Waals surface area contributed by atoms with Crippen LogP contribution in [0.5, 0.6) is 0 Å². The molecule has 0 saturated heterocycles. The van der Waals surface area contributed by atoms with Crippen molar-refractivity contribution in [1.29, 1.82) is 0 Å². The van der Waals surface area contributed by atoms with E-state index in [2.05, 4.69) is 205 Å². The molecule has 1 heterocycles. The molecule has 2 heteroatoms. The van der Waals surface area contributed by atoms with E-state index in [1.165, 1.54) is 80.8 Å². The average molecular weight is 680 g/mol. The zero-order chi connectivity index (χ0) is 34.4. The fourth-order valence-corrected chi connectivity index (χ4v) is 8.76. The molecule has 0 unspecified atom stereocenters. The molecule has 52 heavy (non-hydrogen) atoms. The molecule has 0 saturated carbocycles. The van der Waals surface area contributed by atoms with E-state index in [1.54, 1.807) is 0 Å². The van der Waals surface area contributed by atoms with E-state index in [-0.39, 0.29) is 0 Å². The highest BCUT2D eigenvalue weighted by molar-refractivity contribution is 7.25. The fraction of sp³-hybridized carbons (Fsp3) is 0. The molecule has 1 aromatic heterocycles. The van der Waals surface area contributed by atoms with E-state index in [0.29, 0.717) is 0 Å². The first-order valence-electron chi connectivity index (χ1n) is 17.8. The van der Waals surface area contributed by atoms with Gasteiger partial charge in [0.1, 0.15) is 0 Å². The van der Waals surface area contributed by atoms with Gasteiger partial charge in [0, 0.05) is 36.9 Å². The highest BCUT2D eigenvalue weighted by Gasteiger charge is 2.16. The fourth-order valence-electron chi connectivity index (χ4n) is 7.69. The highest BCUT2D eigenvalue weighted by Crippen LogP contribution is 2.42. The van der Waals surface area contributed by atoms with Crippen LogP contribution >= 0.6 is 11.3 Å². The van der Waals surface area contributed by atoms with Crippen LogP contribution in [0.3, 0.4) is 0 Å². The van der Waals surface area contributed by atoms with E-state index in [4.69, 9.17) is 0 Å². The number of hydrogen-bond acceptors (Lipinski definition) is 2. The van der Waals surface area contributed by atoms with Crippen molar-refractivity contribution < 1.29 is 0 Å². The molecular weight excluding hydrogens is 647 g/mol. The predicted molar refractivity (Wildman–Crippen MR) is 225 cm³/mol. The van der Waals surface area contributed by atoms with Crippen LogP contribution in [0, 0.1) is 0 Å². The third kappa shape index (κ3) is 5.33. The number of fused-ring (bicyclic) bond motifs is 5. The summed E-state index contributed by atoms with van der Waals surface area (Å²) in [7, 11) is 0. The lowest BCUT2D eigenvalue weighted by atomic mass is 9.96. The molecule has 0 aliphatic heterocycles. The summed E-state index contributed by atoms with van der Waals surface area (Å²) >= 11 is 1.87. The van der Waals surface area contributed by atoms with Gasteiger partial charge in [0.2, 0.25) is 0 Å². The monoisotopic (exact) mass is 679 g/mol. The Labute approximate surface area is 307 Å². The molecule has 10 aromatic rings. The lowest BCUT2D eigenvalue weighted by Crippen LogP contribution is -2.10. The van der Waals surface area contributed by atoms with Gasteiger partial charge >= 0.3 is 0 Å². The van der Waals surface area contributed by atoms with Crippen LogP contribution in [0.15, 0.2) is 200 Å². The van der Waals surface area contributed by atoms with Gasteiger partial charge in [-0.15, -0.1) is 11.3 Å². The van der Waals surface area contributed by atoms with Crippen LogP contribution in [0.1, 0.15) is 0 Å². The summed E-state index contributed by atoms with van der Waals surface area (Å²) < 4.78 is 2.63. The molecule has 0 spiro atoms. The molecule has 0 amide bonds. The summed E-state index contributed by atoms with van der Waals surface area (Å²) in [6.45, 7) is 0. The Bertz CT molecular complexity index is 2890. The highest BCUT2D eigenvalue weighted by atomic mass is 32.1. The second kappa shape index (κ2) is 12.7. The number of benzene rings is 9. The maximum absolute atomic E-state index is 2.38.